The maximum Gasteiger partial charge on any atom is 0.201 e. The van der Waals surface area contributed by atoms with E-state index in [1.165, 1.54) is 0 Å². The first-order valence-corrected chi connectivity index (χ1v) is 3.41. The van der Waals surface area contributed by atoms with E-state index in [9.17, 15) is 4.79 Å². The van der Waals surface area contributed by atoms with Crippen LogP contribution in [-0.4, -0.2) is 15.8 Å². The number of hydrogen-bond donors (Lipinski definition) is 1. The Kier molecular flexibility index (Phi) is 1.09. The van der Waals surface area contributed by atoms with Gasteiger partial charge in [0.15, 0.2) is 5.82 Å². The number of imidazole rings is 1. The van der Waals surface area contributed by atoms with Crippen molar-refractivity contribution in [2.24, 2.45) is 5.92 Å². The molecule has 1 heterocycles. The molecule has 0 aromatic carbocycles. The summed E-state index contributed by atoms with van der Waals surface area (Å²) < 4.78 is 0. The Morgan fingerprint density at radius 3 is 3.00 bits per heavy atom. The fourth-order valence-corrected chi connectivity index (χ4v) is 0.939. The fourth-order valence-electron chi connectivity index (χ4n) is 0.939. The number of aromatic nitrogens is 2. The lowest BCUT2D eigenvalue weighted by molar-refractivity contribution is 0.0958. The molecule has 3 nitrogen and oxygen atoms in total. The van der Waals surface area contributed by atoms with Gasteiger partial charge in [-0.2, -0.15) is 0 Å². The Bertz CT molecular complexity index is 236. The SMILES string of the molecule is O=C(c1ncc[nH]1)C1CC1. The van der Waals surface area contributed by atoms with Gasteiger partial charge in [0.25, 0.3) is 0 Å². The zero-order chi connectivity index (χ0) is 6.97. The van der Waals surface area contributed by atoms with Gasteiger partial charge in [-0.1, -0.05) is 0 Å². The zero-order valence-corrected chi connectivity index (χ0v) is 5.50. The van der Waals surface area contributed by atoms with Crippen molar-refractivity contribution in [2.45, 2.75) is 12.8 Å². The van der Waals surface area contributed by atoms with E-state index in [1.807, 2.05) is 0 Å². The maximum absolute atomic E-state index is 11.2. The van der Waals surface area contributed by atoms with Crippen LogP contribution in [0, 0.1) is 5.92 Å². The van der Waals surface area contributed by atoms with Crippen molar-refractivity contribution in [1.29, 1.82) is 0 Å². The van der Waals surface area contributed by atoms with Crippen LogP contribution in [0.3, 0.4) is 0 Å². The van der Waals surface area contributed by atoms with Crippen LogP contribution in [0.15, 0.2) is 12.4 Å². The topological polar surface area (TPSA) is 45.8 Å². The summed E-state index contributed by atoms with van der Waals surface area (Å²) in [5, 5.41) is 0. The van der Waals surface area contributed by atoms with E-state index in [4.69, 9.17) is 0 Å². The van der Waals surface area contributed by atoms with E-state index in [2.05, 4.69) is 9.97 Å². The molecular weight excluding hydrogens is 128 g/mol. The highest BCUT2D eigenvalue weighted by atomic mass is 16.1. The van der Waals surface area contributed by atoms with Gasteiger partial charge in [0.05, 0.1) is 0 Å². The largest absolute Gasteiger partial charge is 0.342 e. The molecule has 0 saturated heterocycles. The van der Waals surface area contributed by atoms with Crippen LogP contribution in [-0.2, 0) is 0 Å². The normalized spacial score (nSPS) is 17.2. The van der Waals surface area contributed by atoms with Crippen molar-refractivity contribution >= 4 is 5.78 Å². The summed E-state index contributed by atoms with van der Waals surface area (Å²) in [4.78, 5) is 17.8. The number of H-pyrrole nitrogens is 1. The molecule has 1 aliphatic rings. The highest BCUT2D eigenvalue weighted by molar-refractivity contribution is 5.95. The smallest absolute Gasteiger partial charge is 0.201 e. The molecule has 0 amide bonds. The molecule has 2 rings (SSSR count). The minimum atomic E-state index is 0.171. The van der Waals surface area contributed by atoms with Crippen molar-refractivity contribution in [3.8, 4) is 0 Å². The molecule has 0 bridgehead atoms. The van der Waals surface area contributed by atoms with E-state index in [1.54, 1.807) is 12.4 Å². The van der Waals surface area contributed by atoms with Crippen LogP contribution in [0.25, 0.3) is 0 Å². The summed E-state index contributed by atoms with van der Waals surface area (Å²) >= 11 is 0. The molecular formula is C7H8N2O. The Morgan fingerprint density at radius 2 is 2.50 bits per heavy atom. The van der Waals surface area contributed by atoms with Gasteiger partial charge in [0.1, 0.15) is 0 Å². The molecule has 1 fully saturated rings. The van der Waals surface area contributed by atoms with Crippen LogP contribution in [0.4, 0.5) is 0 Å². The first-order chi connectivity index (χ1) is 4.88. The summed E-state index contributed by atoms with van der Waals surface area (Å²) in [5.74, 6) is 0.957. The van der Waals surface area contributed by atoms with Crippen LogP contribution in [0.1, 0.15) is 23.5 Å². The number of rotatable bonds is 2. The average molecular weight is 136 g/mol. The Morgan fingerprint density at radius 1 is 1.70 bits per heavy atom. The first-order valence-electron chi connectivity index (χ1n) is 3.41. The first kappa shape index (κ1) is 5.65. The lowest BCUT2D eigenvalue weighted by atomic mass is 10.2. The van der Waals surface area contributed by atoms with Gasteiger partial charge in [0, 0.05) is 18.3 Å². The second-order valence-corrected chi connectivity index (χ2v) is 2.58. The zero-order valence-electron chi connectivity index (χ0n) is 5.50. The van der Waals surface area contributed by atoms with E-state index < -0.39 is 0 Å². The Labute approximate surface area is 58.5 Å². The number of ketones is 1. The minimum Gasteiger partial charge on any atom is -0.342 e. The molecule has 0 atom stereocenters. The summed E-state index contributed by atoms with van der Waals surface area (Å²) in [7, 11) is 0. The van der Waals surface area contributed by atoms with Gasteiger partial charge >= 0.3 is 0 Å². The van der Waals surface area contributed by atoms with Gasteiger partial charge in [-0.15, -0.1) is 0 Å². The van der Waals surface area contributed by atoms with Crippen LogP contribution < -0.4 is 0 Å². The van der Waals surface area contributed by atoms with Crippen LogP contribution >= 0.6 is 0 Å². The van der Waals surface area contributed by atoms with E-state index in [0.717, 1.165) is 12.8 Å². The van der Waals surface area contributed by atoms with Crippen molar-refractivity contribution in [2.75, 3.05) is 0 Å². The molecule has 10 heavy (non-hydrogen) atoms. The van der Waals surface area contributed by atoms with Gasteiger partial charge in [-0.25, -0.2) is 4.98 Å². The Hall–Kier alpha value is -1.12. The standard InChI is InChI=1S/C7H8N2O/c10-6(5-1-2-5)7-8-3-4-9-7/h3-5H,1-2H2,(H,8,9). The molecule has 52 valence electrons. The highest BCUT2D eigenvalue weighted by Gasteiger charge is 2.31. The molecule has 0 unspecified atom stereocenters. The second kappa shape index (κ2) is 1.94. The van der Waals surface area contributed by atoms with Gasteiger partial charge in [-0.05, 0) is 12.8 Å². The number of hydrogen-bond acceptors (Lipinski definition) is 2. The lowest BCUT2D eigenvalue weighted by Crippen LogP contribution is -2.02. The van der Waals surface area contributed by atoms with Gasteiger partial charge in [0.2, 0.25) is 5.78 Å². The molecule has 0 spiro atoms. The number of carbonyl (C=O) groups is 1. The van der Waals surface area contributed by atoms with Crippen molar-refractivity contribution in [3.63, 3.8) is 0 Å². The third-order valence-electron chi connectivity index (χ3n) is 1.68. The third kappa shape index (κ3) is 0.835. The monoisotopic (exact) mass is 136 g/mol. The summed E-state index contributed by atoms with van der Waals surface area (Å²) in [6.07, 6.45) is 5.37. The number of nitrogens with zero attached hydrogens (tertiary/aromatic N) is 1. The number of aromatic amines is 1. The summed E-state index contributed by atoms with van der Waals surface area (Å²) in [6.45, 7) is 0. The highest BCUT2D eigenvalue weighted by Crippen LogP contribution is 2.31. The molecule has 1 N–H and O–H groups in total. The van der Waals surface area contributed by atoms with Crippen molar-refractivity contribution in [3.05, 3.63) is 18.2 Å². The van der Waals surface area contributed by atoms with Crippen LogP contribution in [0.2, 0.25) is 0 Å². The van der Waals surface area contributed by atoms with E-state index in [0.29, 0.717) is 5.82 Å². The molecule has 3 heteroatoms. The maximum atomic E-state index is 11.2. The summed E-state index contributed by atoms with van der Waals surface area (Å²) in [6, 6.07) is 0. The Balaban J connectivity index is 2.19. The quantitative estimate of drug-likeness (QED) is 0.616. The predicted molar refractivity (Wildman–Crippen MR) is 35.6 cm³/mol. The third-order valence-corrected chi connectivity index (χ3v) is 1.68. The fraction of sp³-hybridized carbons (Fsp3) is 0.429. The van der Waals surface area contributed by atoms with E-state index in [-0.39, 0.29) is 11.7 Å². The van der Waals surface area contributed by atoms with Crippen molar-refractivity contribution < 1.29 is 4.79 Å². The van der Waals surface area contributed by atoms with Crippen LogP contribution in [0.5, 0.6) is 0 Å². The van der Waals surface area contributed by atoms with Gasteiger partial charge < -0.3 is 4.98 Å². The predicted octanol–water partition coefficient (Wildman–Crippen LogP) is 1.00. The molecule has 1 aliphatic carbocycles. The summed E-state index contributed by atoms with van der Waals surface area (Å²) in [5.41, 5.74) is 0. The average Bonchev–Trinajstić information content (AvgIpc) is 2.65. The minimum absolute atomic E-state index is 0.171. The molecule has 0 aliphatic heterocycles. The van der Waals surface area contributed by atoms with Crippen molar-refractivity contribution in [1.82, 2.24) is 9.97 Å². The number of Topliss-reactive ketones (excluding diaryl/α,β-unsaturated/α-hetero) is 1. The second-order valence-electron chi connectivity index (χ2n) is 2.58. The molecule has 1 aromatic rings. The number of nitrogens with one attached hydrogen (secondary N) is 1. The molecule has 1 saturated carbocycles. The number of carbonyl (C=O) groups excluding carboxylic acids is 1. The van der Waals surface area contributed by atoms with E-state index >= 15 is 0 Å². The van der Waals surface area contributed by atoms with Gasteiger partial charge in [-0.3, -0.25) is 4.79 Å². The molecule has 0 radical (unpaired) electrons. The molecule has 1 aromatic heterocycles. The lowest BCUT2D eigenvalue weighted by Gasteiger charge is -1.88.